The van der Waals surface area contributed by atoms with Gasteiger partial charge in [0.05, 0.1) is 0 Å². The lowest BCUT2D eigenvalue weighted by molar-refractivity contribution is 0.802. The molecule has 0 aliphatic heterocycles. The summed E-state index contributed by atoms with van der Waals surface area (Å²) in [6.45, 7) is 1.92. The number of nitrogens with one attached hydrogen (secondary N) is 1. The Morgan fingerprint density at radius 3 is 2.80 bits per heavy atom. The lowest BCUT2D eigenvalue weighted by Gasteiger charge is -2.16. The summed E-state index contributed by atoms with van der Waals surface area (Å²) < 4.78 is 0. The van der Waals surface area contributed by atoms with Crippen molar-refractivity contribution in [1.29, 1.82) is 0 Å². The SMILES string of the molecule is Cc1cc2c(c(=O)[nH]1)CC2. The Morgan fingerprint density at radius 2 is 2.30 bits per heavy atom. The lowest BCUT2D eigenvalue weighted by Crippen LogP contribution is -2.24. The molecule has 0 amide bonds. The fraction of sp³-hybridized carbons (Fsp3) is 0.375. The van der Waals surface area contributed by atoms with E-state index < -0.39 is 0 Å². The van der Waals surface area contributed by atoms with Gasteiger partial charge in [0.25, 0.3) is 5.56 Å². The molecule has 0 spiro atoms. The first kappa shape index (κ1) is 5.71. The predicted octanol–water partition coefficient (Wildman–Crippen LogP) is 0.782. The van der Waals surface area contributed by atoms with Crippen molar-refractivity contribution in [2.45, 2.75) is 19.8 Å². The maximum atomic E-state index is 11.1. The number of fused-ring (bicyclic) bond motifs is 1. The average molecular weight is 135 g/mol. The van der Waals surface area contributed by atoms with Gasteiger partial charge in [-0.25, -0.2) is 0 Å². The highest BCUT2D eigenvalue weighted by atomic mass is 16.1. The average Bonchev–Trinajstić information content (AvgIpc) is 1.77. The molecule has 1 aromatic heterocycles. The third-order valence-electron chi connectivity index (χ3n) is 2.01. The monoisotopic (exact) mass is 135 g/mol. The zero-order valence-electron chi connectivity index (χ0n) is 5.90. The minimum absolute atomic E-state index is 0.112. The Kier molecular flexibility index (Phi) is 0.982. The van der Waals surface area contributed by atoms with E-state index in [-0.39, 0.29) is 5.56 Å². The van der Waals surface area contributed by atoms with Crippen LogP contribution in [0.4, 0.5) is 0 Å². The maximum Gasteiger partial charge on any atom is 0.251 e. The van der Waals surface area contributed by atoms with E-state index >= 15 is 0 Å². The quantitative estimate of drug-likeness (QED) is 0.560. The van der Waals surface area contributed by atoms with Gasteiger partial charge in [-0.15, -0.1) is 0 Å². The molecule has 0 radical (unpaired) electrons. The van der Waals surface area contributed by atoms with Crippen LogP contribution >= 0.6 is 0 Å². The van der Waals surface area contributed by atoms with Gasteiger partial charge in [-0.3, -0.25) is 4.79 Å². The van der Waals surface area contributed by atoms with Crippen molar-refractivity contribution in [3.63, 3.8) is 0 Å². The van der Waals surface area contributed by atoms with Crippen LogP contribution in [-0.4, -0.2) is 4.98 Å². The fourth-order valence-corrected chi connectivity index (χ4v) is 1.36. The molecule has 0 unspecified atom stereocenters. The molecule has 0 atom stereocenters. The fourth-order valence-electron chi connectivity index (χ4n) is 1.36. The molecule has 2 rings (SSSR count). The molecule has 0 aromatic carbocycles. The Balaban J connectivity index is 2.75. The number of aromatic nitrogens is 1. The smallest absolute Gasteiger partial charge is 0.251 e. The van der Waals surface area contributed by atoms with E-state index in [1.807, 2.05) is 6.92 Å². The summed E-state index contributed by atoms with van der Waals surface area (Å²) >= 11 is 0. The van der Waals surface area contributed by atoms with Gasteiger partial charge in [0.2, 0.25) is 0 Å². The molecular formula is C8H9NO. The second kappa shape index (κ2) is 1.72. The zero-order chi connectivity index (χ0) is 7.14. The Labute approximate surface area is 58.9 Å². The highest BCUT2D eigenvalue weighted by molar-refractivity contribution is 5.34. The Morgan fingerprint density at radius 1 is 1.50 bits per heavy atom. The van der Waals surface area contributed by atoms with Crippen molar-refractivity contribution in [2.75, 3.05) is 0 Å². The molecule has 0 bridgehead atoms. The van der Waals surface area contributed by atoms with E-state index in [0.717, 1.165) is 24.1 Å². The summed E-state index contributed by atoms with van der Waals surface area (Å²) in [5, 5.41) is 0. The number of rotatable bonds is 0. The largest absolute Gasteiger partial charge is 0.326 e. The van der Waals surface area contributed by atoms with Gasteiger partial charge in [-0.1, -0.05) is 0 Å². The van der Waals surface area contributed by atoms with Crippen LogP contribution in [0.5, 0.6) is 0 Å². The number of hydrogen-bond acceptors (Lipinski definition) is 1. The van der Waals surface area contributed by atoms with Crippen molar-refractivity contribution in [2.24, 2.45) is 0 Å². The van der Waals surface area contributed by atoms with Crippen molar-refractivity contribution in [3.8, 4) is 0 Å². The van der Waals surface area contributed by atoms with Gasteiger partial charge in [0.15, 0.2) is 0 Å². The first-order valence-corrected chi connectivity index (χ1v) is 3.49. The van der Waals surface area contributed by atoms with Crippen LogP contribution in [0, 0.1) is 6.92 Å². The molecule has 1 N–H and O–H groups in total. The van der Waals surface area contributed by atoms with Gasteiger partial charge < -0.3 is 4.98 Å². The van der Waals surface area contributed by atoms with Crippen LogP contribution in [0.3, 0.4) is 0 Å². The maximum absolute atomic E-state index is 11.1. The van der Waals surface area contributed by atoms with Crippen LogP contribution in [0.1, 0.15) is 16.8 Å². The first-order valence-electron chi connectivity index (χ1n) is 3.49. The summed E-state index contributed by atoms with van der Waals surface area (Å²) in [6.07, 6.45) is 2.05. The van der Waals surface area contributed by atoms with Gasteiger partial charge in [0.1, 0.15) is 0 Å². The van der Waals surface area contributed by atoms with E-state index in [0.29, 0.717) is 0 Å². The van der Waals surface area contributed by atoms with Crippen LogP contribution < -0.4 is 5.56 Å². The van der Waals surface area contributed by atoms with Gasteiger partial charge >= 0.3 is 0 Å². The van der Waals surface area contributed by atoms with Crippen molar-refractivity contribution in [3.05, 3.63) is 33.2 Å². The van der Waals surface area contributed by atoms with Crippen LogP contribution in [-0.2, 0) is 12.8 Å². The highest BCUT2D eigenvalue weighted by Gasteiger charge is 2.16. The topological polar surface area (TPSA) is 32.9 Å². The summed E-state index contributed by atoms with van der Waals surface area (Å²) in [5.41, 5.74) is 3.32. The molecule has 1 heterocycles. The summed E-state index contributed by atoms with van der Waals surface area (Å²) in [6, 6.07) is 2.06. The molecule has 1 aliphatic carbocycles. The zero-order valence-corrected chi connectivity index (χ0v) is 5.90. The molecular weight excluding hydrogens is 126 g/mol. The molecule has 1 aliphatic rings. The lowest BCUT2D eigenvalue weighted by atomic mass is 9.90. The number of H-pyrrole nitrogens is 1. The van der Waals surface area contributed by atoms with E-state index in [1.54, 1.807) is 0 Å². The summed E-state index contributed by atoms with van der Waals surface area (Å²) in [4.78, 5) is 13.8. The normalized spacial score (nSPS) is 14.1. The second-order valence-electron chi connectivity index (χ2n) is 2.79. The van der Waals surface area contributed by atoms with E-state index in [2.05, 4.69) is 11.1 Å². The minimum atomic E-state index is 0.112. The third-order valence-corrected chi connectivity index (χ3v) is 2.01. The first-order chi connectivity index (χ1) is 4.77. The molecule has 1 aromatic rings. The number of aryl methyl sites for hydroxylation is 2. The molecule has 0 saturated carbocycles. The van der Waals surface area contributed by atoms with E-state index in [9.17, 15) is 4.79 Å². The third kappa shape index (κ3) is 0.618. The molecule has 0 fully saturated rings. The molecule has 2 heteroatoms. The van der Waals surface area contributed by atoms with Crippen LogP contribution in [0.2, 0.25) is 0 Å². The second-order valence-corrected chi connectivity index (χ2v) is 2.79. The van der Waals surface area contributed by atoms with Gasteiger partial charge in [0, 0.05) is 11.3 Å². The highest BCUT2D eigenvalue weighted by Crippen LogP contribution is 2.17. The van der Waals surface area contributed by atoms with Crippen molar-refractivity contribution >= 4 is 0 Å². The minimum Gasteiger partial charge on any atom is -0.326 e. The summed E-state index contributed by atoms with van der Waals surface area (Å²) in [5.74, 6) is 0. The molecule has 0 saturated heterocycles. The van der Waals surface area contributed by atoms with Gasteiger partial charge in [-0.2, -0.15) is 0 Å². The molecule has 10 heavy (non-hydrogen) atoms. The van der Waals surface area contributed by atoms with Crippen LogP contribution in [0.25, 0.3) is 0 Å². The standard InChI is InChI=1S/C8H9NO/c1-5-4-6-2-3-7(6)8(10)9-5/h4H,2-3H2,1H3,(H,9,10). The summed E-state index contributed by atoms with van der Waals surface area (Å²) in [7, 11) is 0. The van der Waals surface area contributed by atoms with Crippen molar-refractivity contribution in [1.82, 2.24) is 4.98 Å². The molecule has 2 nitrogen and oxygen atoms in total. The molecule has 52 valence electrons. The Hall–Kier alpha value is -1.05. The van der Waals surface area contributed by atoms with Crippen LogP contribution in [0.15, 0.2) is 10.9 Å². The van der Waals surface area contributed by atoms with Gasteiger partial charge in [-0.05, 0) is 31.4 Å². The predicted molar refractivity (Wildman–Crippen MR) is 39.2 cm³/mol. The Bertz CT molecular complexity index is 325. The van der Waals surface area contributed by atoms with Crippen molar-refractivity contribution < 1.29 is 0 Å². The number of aromatic amines is 1. The number of hydrogen-bond donors (Lipinski definition) is 1. The van der Waals surface area contributed by atoms with E-state index in [4.69, 9.17) is 0 Å². The number of pyridine rings is 1. The van der Waals surface area contributed by atoms with E-state index in [1.165, 1.54) is 5.56 Å².